The minimum Gasteiger partial charge on any atom is -0.494 e. The number of guanidine groups is 1. The number of hydrogen-bond donors (Lipinski definition) is 2. The van der Waals surface area contributed by atoms with Crippen molar-refractivity contribution in [2.24, 2.45) is 16.6 Å². The zero-order valence-corrected chi connectivity index (χ0v) is 22.9. The van der Waals surface area contributed by atoms with E-state index in [0.717, 1.165) is 36.4 Å². The van der Waals surface area contributed by atoms with Crippen molar-refractivity contribution in [3.63, 3.8) is 0 Å². The van der Waals surface area contributed by atoms with E-state index in [9.17, 15) is 14.7 Å². The summed E-state index contributed by atoms with van der Waals surface area (Å²) >= 11 is 0. The number of aliphatic hydroxyl groups excluding tert-OH is 1. The van der Waals surface area contributed by atoms with Gasteiger partial charge in [-0.15, -0.1) is 0 Å². The van der Waals surface area contributed by atoms with Gasteiger partial charge in [-0.2, -0.15) is 0 Å². The highest BCUT2D eigenvalue weighted by Crippen LogP contribution is 2.30. The Labute approximate surface area is 227 Å². The molecule has 1 aromatic carbocycles. The van der Waals surface area contributed by atoms with Crippen LogP contribution < -0.4 is 10.5 Å². The molecule has 38 heavy (non-hydrogen) atoms. The third-order valence-corrected chi connectivity index (χ3v) is 8.29. The van der Waals surface area contributed by atoms with Crippen molar-refractivity contribution in [3.8, 4) is 5.75 Å². The average molecular weight is 528 g/mol. The summed E-state index contributed by atoms with van der Waals surface area (Å²) in [6.45, 7) is 2.30. The van der Waals surface area contributed by atoms with Crippen LogP contribution in [0.1, 0.15) is 76.2 Å². The molecule has 1 aromatic rings. The summed E-state index contributed by atoms with van der Waals surface area (Å²) in [5.74, 6) is 1.80. The predicted molar refractivity (Wildman–Crippen MR) is 148 cm³/mol. The highest BCUT2D eigenvalue weighted by atomic mass is 16.5. The van der Waals surface area contributed by atoms with Crippen LogP contribution in [0, 0.1) is 5.92 Å². The van der Waals surface area contributed by atoms with Gasteiger partial charge in [0, 0.05) is 44.7 Å². The molecule has 3 N–H and O–H groups in total. The topological polar surface area (TPSA) is 112 Å². The van der Waals surface area contributed by atoms with Gasteiger partial charge in [-0.3, -0.25) is 9.59 Å². The average Bonchev–Trinajstić information content (AvgIpc) is 3.44. The van der Waals surface area contributed by atoms with E-state index in [2.05, 4.69) is 4.99 Å². The minimum absolute atomic E-state index is 0.00341. The van der Waals surface area contributed by atoms with E-state index < -0.39 is 0 Å². The summed E-state index contributed by atoms with van der Waals surface area (Å²) in [5.41, 5.74) is 7.96. The molecule has 0 saturated heterocycles. The number of aliphatic imine (C=N–C) groups is 1. The highest BCUT2D eigenvalue weighted by molar-refractivity contribution is 5.88. The zero-order chi connectivity index (χ0) is 26.9. The van der Waals surface area contributed by atoms with Gasteiger partial charge in [-0.25, -0.2) is 4.99 Å². The van der Waals surface area contributed by atoms with Crippen molar-refractivity contribution in [1.82, 2.24) is 14.7 Å². The van der Waals surface area contributed by atoms with Crippen molar-refractivity contribution >= 4 is 23.5 Å². The second-order valence-electron chi connectivity index (χ2n) is 11.1. The Morgan fingerprint density at radius 1 is 1.11 bits per heavy atom. The molecule has 0 bridgehead atoms. The maximum Gasteiger partial charge on any atom is 0.242 e. The maximum atomic E-state index is 13.0. The third-order valence-electron chi connectivity index (χ3n) is 8.29. The molecule has 2 fully saturated rings. The molecule has 0 aromatic heterocycles. The molecule has 1 aliphatic heterocycles. The first-order chi connectivity index (χ1) is 18.4. The Morgan fingerprint density at radius 2 is 1.84 bits per heavy atom. The lowest BCUT2D eigenvalue weighted by Crippen LogP contribution is -2.48. The Morgan fingerprint density at radius 3 is 2.58 bits per heavy atom. The van der Waals surface area contributed by atoms with Gasteiger partial charge >= 0.3 is 0 Å². The number of carbonyl (C=O) groups is 2. The van der Waals surface area contributed by atoms with Crippen LogP contribution in [-0.4, -0.2) is 83.5 Å². The van der Waals surface area contributed by atoms with E-state index in [1.54, 1.807) is 0 Å². The fourth-order valence-corrected chi connectivity index (χ4v) is 5.97. The summed E-state index contributed by atoms with van der Waals surface area (Å²) in [4.78, 5) is 35.7. The van der Waals surface area contributed by atoms with Gasteiger partial charge < -0.3 is 30.3 Å². The van der Waals surface area contributed by atoms with Crippen molar-refractivity contribution in [2.45, 2.75) is 83.2 Å². The van der Waals surface area contributed by atoms with Crippen LogP contribution in [0.3, 0.4) is 0 Å². The molecule has 1 heterocycles. The van der Waals surface area contributed by atoms with Crippen LogP contribution >= 0.6 is 0 Å². The third kappa shape index (κ3) is 7.62. The Kier molecular flexibility index (Phi) is 10.3. The van der Waals surface area contributed by atoms with Gasteiger partial charge in [-0.1, -0.05) is 32.1 Å². The first-order valence-corrected chi connectivity index (χ1v) is 14.4. The Hall–Kier alpha value is -2.81. The molecule has 210 valence electrons. The van der Waals surface area contributed by atoms with Gasteiger partial charge in [0.15, 0.2) is 5.96 Å². The van der Waals surface area contributed by atoms with Crippen LogP contribution in [-0.2, 0) is 16.1 Å². The lowest BCUT2D eigenvalue weighted by atomic mass is 9.94. The number of amides is 2. The van der Waals surface area contributed by atoms with Gasteiger partial charge in [0.2, 0.25) is 11.8 Å². The maximum absolute atomic E-state index is 13.0. The number of likely N-dealkylation sites (N-methyl/N-ethyl adjacent to an activating group) is 1. The van der Waals surface area contributed by atoms with Crippen LogP contribution in [0.4, 0.5) is 5.69 Å². The number of nitrogens with zero attached hydrogens (tertiary/aromatic N) is 4. The Bertz CT molecular complexity index is 972. The van der Waals surface area contributed by atoms with Crippen molar-refractivity contribution in [1.29, 1.82) is 0 Å². The van der Waals surface area contributed by atoms with Crippen LogP contribution in [0.5, 0.6) is 5.75 Å². The van der Waals surface area contributed by atoms with Crippen molar-refractivity contribution < 1.29 is 19.4 Å². The molecular formula is C29H45N5O4. The quantitative estimate of drug-likeness (QED) is 0.403. The highest BCUT2D eigenvalue weighted by Gasteiger charge is 2.26. The number of ether oxygens (including phenoxy) is 1. The van der Waals surface area contributed by atoms with E-state index in [1.165, 1.54) is 44.9 Å². The van der Waals surface area contributed by atoms with Gasteiger partial charge in [-0.05, 0) is 56.2 Å². The van der Waals surface area contributed by atoms with Crippen molar-refractivity contribution in [3.05, 3.63) is 23.8 Å². The number of carbonyl (C=O) groups excluding carboxylic acids is 2. The van der Waals surface area contributed by atoms with E-state index >= 15 is 0 Å². The summed E-state index contributed by atoms with van der Waals surface area (Å²) in [5, 5.41) is 9.39. The summed E-state index contributed by atoms with van der Waals surface area (Å²) in [6, 6.07) is 6.03. The van der Waals surface area contributed by atoms with Gasteiger partial charge in [0.05, 0.1) is 18.9 Å². The SMILES string of the molecule is CN(C(=O)CN1Cc2cc(OCCCC(=O)N(CCO)CC3CCCC3)ccc2N=C1N)C1CCCCC1. The van der Waals surface area contributed by atoms with Gasteiger partial charge in [0.25, 0.3) is 0 Å². The Balaban J connectivity index is 1.25. The largest absolute Gasteiger partial charge is 0.494 e. The summed E-state index contributed by atoms with van der Waals surface area (Å²) < 4.78 is 5.96. The lowest BCUT2D eigenvalue weighted by Gasteiger charge is -2.34. The monoisotopic (exact) mass is 527 g/mol. The van der Waals surface area contributed by atoms with Crippen LogP contribution in [0.15, 0.2) is 23.2 Å². The molecule has 2 aliphatic carbocycles. The molecule has 4 rings (SSSR count). The predicted octanol–water partition coefficient (Wildman–Crippen LogP) is 3.41. The second kappa shape index (κ2) is 13.8. The number of rotatable bonds is 12. The molecule has 0 unspecified atom stereocenters. The van der Waals surface area contributed by atoms with E-state index in [-0.39, 0.29) is 25.0 Å². The molecule has 9 heteroatoms. The molecule has 0 radical (unpaired) electrons. The fraction of sp³-hybridized carbons (Fsp3) is 0.690. The standard InChI is InChI=1S/C29H45N5O4/c1-32(24-10-3-2-4-11-24)28(37)21-34-20-23-18-25(13-14-26(23)31-29(34)30)38-17-7-12-27(36)33(15-16-35)19-22-8-5-6-9-22/h13-14,18,22,24,35H,2-12,15-17,19-21H2,1H3,(H2,30,31). The van der Waals surface area contributed by atoms with Crippen molar-refractivity contribution in [2.75, 3.05) is 39.9 Å². The molecule has 0 spiro atoms. The number of benzene rings is 1. The second-order valence-corrected chi connectivity index (χ2v) is 11.1. The molecule has 0 atom stereocenters. The molecule has 9 nitrogen and oxygen atoms in total. The number of nitrogens with two attached hydrogens (primary N) is 1. The van der Waals surface area contributed by atoms with Gasteiger partial charge in [0.1, 0.15) is 12.3 Å². The first-order valence-electron chi connectivity index (χ1n) is 14.4. The number of fused-ring (bicyclic) bond motifs is 1. The smallest absolute Gasteiger partial charge is 0.242 e. The number of aliphatic hydroxyl groups is 1. The zero-order valence-electron chi connectivity index (χ0n) is 22.9. The summed E-state index contributed by atoms with van der Waals surface area (Å²) in [7, 11) is 1.90. The molecule has 3 aliphatic rings. The van der Waals surface area contributed by atoms with Crippen LogP contribution in [0.2, 0.25) is 0 Å². The van der Waals surface area contributed by atoms with E-state index in [1.807, 2.05) is 39.9 Å². The summed E-state index contributed by atoms with van der Waals surface area (Å²) in [6.07, 6.45) is 11.6. The molecule has 2 amide bonds. The molecule has 2 saturated carbocycles. The lowest BCUT2D eigenvalue weighted by molar-refractivity contribution is -0.133. The minimum atomic E-state index is -0.00341. The van der Waals surface area contributed by atoms with E-state index in [0.29, 0.717) is 50.5 Å². The first kappa shape index (κ1) is 28.2. The van der Waals surface area contributed by atoms with E-state index in [4.69, 9.17) is 10.5 Å². The molecular weight excluding hydrogens is 482 g/mol. The normalized spacial score (nSPS) is 18.2. The number of hydrogen-bond acceptors (Lipinski definition) is 7. The fourth-order valence-electron chi connectivity index (χ4n) is 5.97. The van der Waals surface area contributed by atoms with Crippen LogP contribution in [0.25, 0.3) is 0 Å².